The summed E-state index contributed by atoms with van der Waals surface area (Å²) in [5, 5.41) is 5.61. The van der Waals surface area contributed by atoms with Crippen molar-refractivity contribution in [1.29, 1.82) is 0 Å². The number of rotatable bonds is 2. The number of fused-ring (bicyclic) bond motifs is 1. The third-order valence-electron chi connectivity index (χ3n) is 2.59. The highest BCUT2D eigenvalue weighted by Gasteiger charge is 1.96. The quantitative estimate of drug-likeness (QED) is 0.612. The molecule has 0 radical (unpaired) electrons. The Kier molecular flexibility index (Phi) is 2.43. The molecule has 0 aliphatic heterocycles. The van der Waals surface area contributed by atoms with E-state index in [4.69, 9.17) is 0 Å². The van der Waals surface area contributed by atoms with Crippen LogP contribution >= 0.6 is 0 Å². The molecule has 0 saturated heterocycles. The van der Waals surface area contributed by atoms with Crippen molar-refractivity contribution < 1.29 is 0 Å². The van der Waals surface area contributed by atoms with E-state index in [1.807, 2.05) is 35.1 Å². The van der Waals surface area contributed by atoms with Gasteiger partial charge in [-0.2, -0.15) is 5.10 Å². The molecule has 3 nitrogen and oxygen atoms in total. The molecule has 0 N–H and O–H groups in total. The van der Waals surface area contributed by atoms with Crippen molar-refractivity contribution in [2.24, 2.45) is 5.10 Å². The van der Waals surface area contributed by atoms with Crippen LogP contribution in [0.1, 0.15) is 5.56 Å². The van der Waals surface area contributed by atoms with Crippen molar-refractivity contribution in [2.45, 2.75) is 0 Å². The molecule has 82 valence electrons. The van der Waals surface area contributed by atoms with E-state index in [9.17, 15) is 0 Å². The Labute approximate surface area is 99.0 Å². The van der Waals surface area contributed by atoms with Gasteiger partial charge in [-0.05, 0) is 18.2 Å². The zero-order valence-corrected chi connectivity index (χ0v) is 9.19. The molecule has 2 aromatic heterocycles. The zero-order chi connectivity index (χ0) is 11.5. The van der Waals surface area contributed by atoms with Crippen LogP contribution in [0.2, 0.25) is 0 Å². The Bertz CT molecular complexity index is 653. The lowest BCUT2D eigenvalue weighted by Crippen LogP contribution is -1.88. The van der Waals surface area contributed by atoms with E-state index in [0.717, 1.165) is 11.1 Å². The highest BCUT2D eigenvalue weighted by molar-refractivity contribution is 5.82. The van der Waals surface area contributed by atoms with Crippen LogP contribution in [0.15, 0.2) is 66.2 Å². The minimum absolute atomic E-state index is 0.991. The highest BCUT2D eigenvalue weighted by Crippen LogP contribution is 2.14. The predicted octanol–water partition coefficient (Wildman–Crippen LogP) is 2.92. The molecule has 3 heteroatoms. The summed E-state index contributed by atoms with van der Waals surface area (Å²) < 4.78 is 1.86. The molecule has 17 heavy (non-hydrogen) atoms. The van der Waals surface area contributed by atoms with Crippen LogP contribution in [0, 0.1) is 0 Å². The fraction of sp³-hybridized carbons (Fsp3) is 0. The van der Waals surface area contributed by atoms with Gasteiger partial charge < -0.3 is 0 Å². The van der Waals surface area contributed by atoms with Crippen molar-refractivity contribution in [3.63, 3.8) is 0 Å². The van der Waals surface area contributed by atoms with Crippen molar-refractivity contribution in [1.82, 2.24) is 9.66 Å². The summed E-state index contributed by atoms with van der Waals surface area (Å²) in [6, 6.07) is 14.1. The molecule has 0 spiro atoms. The molecule has 0 amide bonds. The molecule has 0 aliphatic rings. The third kappa shape index (κ3) is 1.95. The molecule has 0 fully saturated rings. The predicted molar refractivity (Wildman–Crippen MR) is 69.2 cm³/mol. The van der Waals surface area contributed by atoms with Gasteiger partial charge in [-0.3, -0.25) is 4.98 Å². The maximum atomic E-state index is 4.42. The second-order valence-corrected chi connectivity index (χ2v) is 3.75. The summed E-state index contributed by atoms with van der Waals surface area (Å²) in [6.07, 6.45) is 7.30. The normalized spacial score (nSPS) is 11.3. The topological polar surface area (TPSA) is 30.2 Å². The highest BCUT2D eigenvalue weighted by atomic mass is 15.3. The van der Waals surface area contributed by atoms with Crippen molar-refractivity contribution >= 4 is 17.1 Å². The van der Waals surface area contributed by atoms with Gasteiger partial charge in [0, 0.05) is 29.5 Å². The first-order valence-corrected chi connectivity index (χ1v) is 5.44. The largest absolute Gasteiger partial charge is 0.264 e. The van der Waals surface area contributed by atoms with Gasteiger partial charge in [0.05, 0.1) is 11.7 Å². The summed E-state index contributed by atoms with van der Waals surface area (Å²) in [6.45, 7) is 0. The van der Waals surface area contributed by atoms with Crippen LogP contribution < -0.4 is 0 Å². The summed E-state index contributed by atoms with van der Waals surface area (Å²) in [5.74, 6) is 0. The van der Waals surface area contributed by atoms with E-state index in [-0.39, 0.29) is 0 Å². The second kappa shape index (κ2) is 4.22. The van der Waals surface area contributed by atoms with Gasteiger partial charge in [-0.1, -0.05) is 24.3 Å². The number of nitrogens with zero attached hydrogens (tertiary/aromatic N) is 3. The van der Waals surface area contributed by atoms with Crippen LogP contribution in [0.4, 0.5) is 0 Å². The monoisotopic (exact) mass is 221 g/mol. The molecule has 0 bridgehead atoms. The lowest BCUT2D eigenvalue weighted by Gasteiger charge is -1.96. The lowest BCUT2D eigenvalue weighted by atomic mass is 10.3. The molecule has 1 aromatic carbocycles. The third-order valence-corrected chi connectivity index (χ3v) is 2.59. The Morgan fingerprint density at radius 2 is 2.00 bits per heavy atom. The van der Waals surface area contributed by atoms with E-state index >= 15 is 0 Å². The maximum Gasteiger partial charge on any atom is 0.0718 e. The number of hydrogen-bond donors (Lipinski definition) is 0. The Morgan fingerprint density at radius 1 is 1.06 bits per heavy atom. The van der Waals surface area contributed by atoms with E-state index in [1.165, 1.54) is 5.39 Å². The first kappa shape index (κ1) is 9.78. The van der Waals surface area contributed by atoms with E-state index in [2.05, 4.69) is 28.3 Å². The van der Waals surface area contributed by atoms with Gasteiger partial charge in [-0.25, -0.2) is 4.68 Å². The van der Waals surface area contributed by atoms with Crippen molar-refractivity contribution in [2.75, 3.05) is 0 Å². The summed E-state index contributed by atoms with van der Waals surface area (Å²) in [4.78, 5) is 4.05. The van der Waals surface area contributed by atoms with Crippen LogP contribution in [0.25, 0.3) is 10.9 Å². The van der Waals surface area contributed by atoms with Crippen LogP contribution in [-0.2, 0) is 0 Å². The smallest absolute Gasteiger partial charge is 0.0718 e. The molecular formula is C14H11N3. The molecule has 3 aromatic rings. The number of hydrogen-bond acceptors (Lipinski definition) is 2. The zero-order valence-electron chi connectivity index (χ0n) is 9.19. The first-order valence-electron chi connectivity index (χ1n) is 5.44. The number of para-hydroxylation sites is 1. The van der Waals surface area contributed by atoms with Crippen LogP contribution in [0.5, 0.6) is 0 Å². The summed E-state index contributed by atoms with van der Waals surface area (Å²) in [5.41, 5.74) is 2.10. The molecule has 0 aliphatic carbocycles. The first-order chi connectivity index (χ1) is 8.43. The van der Waals surface area contributed by atoms with Gasteiger partial charge in [0.2, 0.25) is 0 Å². The molecule has 0 saturated carbocycles. The molecular weight excluding hydrogens is 210 g/mol. The minimum Gasteiger partial charge on any atom is -0.264 e. The Morgan fingerprint density at radius 3 is 2.88 bits per heavy atom. The molecule has 2 heterocycles. The van der Waals surface area contributed by atoms with Crippen molar-refractivity contribution in [3.05, 3.63) is 66.6 Å². The molecule has 0 atom stereocenters. The average Bonchev–Trinajstić information content (AvgIpc) is 2.81. The standard InChI is InChI=1S/C14H11N3/c1-2-6-14-13(5-1)7-9-17(14)16-11-12-4-3-8-15-10-12/h1-11H. The van der Waals surface area contributed by atoms with Crippen LogP contribution in [-0.4, -0.2) is 15.9 Å². The van der Waals surface area contributed by atoms with E-state index < -0.39 is 0 Å². The van der Waals surface area contributed by atoms with Gasteiger partial charge in [0.25, 0.3) is 0 Å². The van der Waals surface area contributed by atoms with Gasteiger partial charge in [0.15, 0.2) is 0 Å². The number of benzene rings is 1. The van der Waals surface area contributed by atoms with Gasteiger partial charge in [0.1, 0.15) is 0 Å². The average molecular weight is 221 g/mol. The second-order valence-electron chi connectivity index (χ2n) is 3.75. The lowest BCUT2D eigenvalue weighted by molar-refractivity contribution is 0.933. The maximum absolute atomic E-state index is 4.42. The fourth-order valence-corrected chi connectivity index (χ4v) is 1.75. The Hall–Kier alpha value is -2.42. The molecule has 0 unspecified atom stereocenters. The van der Waals surface area contributed by atoms with Gasteiger partial charge >= 0.3 is 0 Å². The van der Waals surface area contributed by atoms with Gasteiger partial charge in [-0.15, -0.1) is 0 Å². The summed E-state index contributed by atoms with van der Waals surface area (Å²) >= 11 is 0. The van der Waals surface area contributed by atoms with E-state index in [1.54, 1.807) is 18.6 Å². The SMILES string of the molecule is C(=Nn1ccc2ccccc21)c1cccnc1. The fourth-order valence-electron chi connectivity index (χ4n) is 1.75. The van der Waals surface area contributed by atoms with Crippen molar-refractivity contribution in [3.8, 4) is 0 Å². The number of aromatic nitrogens is 2. The molecule has 3 rings (SSSR count). The minimum atomic E-state index is 0.991. The van der Waals surface area contributed by atoms with Crippen LogP contribution in [0.3, 0.4) is 0 Å². The van der Waals surface area contributed by atoms with E-state index in [0.29, 0.717) is 0 Å². The Balaban J connectivity index is 1.98. The summed E-state index contributed by atoms with van der Waals surface area (Å²) in [7, 11) is 0. The number of pyridine rings is 1.